The number of hydrogen-bond donors (Lipinski definition) is 1. The molecule has 4 nitrogen and oxygen atoms in total. The second-order valence-electron chi connectivity index (χ2n) is 5.27. The van der Waals surface area contributed by atoms with Crippen LogP contribution in [-0.2, 0) is 12.4 Å². The predicted octanol–water partition coefficient (Wildman–Crippen LogP) is 6.49. The molecule has 2 aromatic carbocycles. The van der Waals surface area contributed by atoms with E-state index in [0.717, 1.165) is 16.4 Å². The molecule has 0 fully saturated rings. The lowest BCUT2D eigenvalue weighted by atomic mass is 10.1. The summed E-state index contributed by atoms with van der Waals surface area (Å²) in [5.74, 6) is -0.470. The molecule has 1 N–H and O–H groups in total. The largest absolute Gasteiger partial charge is 0.457 e. The summed E-state index contributed by atoms with van der Waals surface area (Å²) in [4.78, 5) is 4.65. The summed E-state index contributed by atoms with van der Waals surface area (Å²) in [7, 11) is 0. The van der Waals surface area contributed by atoms with E-state index >= 15 is 0 Å². The fourth-order valence-electron chi connectivity index (χ4n) is 2.02. The van der Waals surface area contributed by atoms with E-state index < -0.39 is 29.2 Å². The molecule has 0 radical (unpaired) electrons. The van der Waals surface area contributed by atoms with Crippen molar-refractivity contribution < 1.29 is 31.1 Å². The van der Waals surface area contributed by atoms with Crippen LogP contribution in [0.15, 0.2) is 53.7 Å². The quantitative estimate of drug-likeness (QED) is 0.365. The fourth-order valence-corrected chi connectivity index (χ4v) is 3.11. The molecule has 0 aliphatic rings. The Bertz CT molecular complexity index is 895. The highest BCUT2D eigenvalue weighted by Crippen LogP contribution is 2.39. The molecule has 0 saturated carbocycles. The number of anilines is 1. The molecule has 0 amide bonds. The summed E-state index contributed by atoms with van der Waals surface area (Å²) in [5, 5.41) is 0.578. The molecule has 0 saturated heterocycles. The zero-order valence-corrected chi connectivity index (χ0v) is 15.1. The van der Waals surface area contributed by atoms with E-state index in [1.54, 1.807) is 12.1 Å². The Morgan fingerprint density at radius 3 is 1.96 bits per heavy atom. The van der Waals surface area contributed by atoms with Gasteiger partial charge >= 0.3 is 12.4 Å². The molecule has 148 valence electrons. The van der Waals surface area contributed by atoms with Crippen LogP contribution in [0.5, 0.6) is 11.5 Å². The maximum atomic E-state index is 12.9. The molecule has 1 aromatic heterocycles. The van der Waals surface area contributed by atoms with Gasteiger partial charge in [0.2, 0.25) is 5.13 Å². The highest BCUT2D eigenvalue weighted by Gasteiger charge is 2.37. The van der Waals surface area contributed by atoms with E-state index in [1.807, 2.05) is 0 Å². The second kappa shape index (κ2) is 7.87. The van der Waals surface area contributed by atoms with E-state index in [4.69, 9.17) is 4.74 Å². The molecule has 28 heavy (non-hydrogen) atoms. The Morgan fingerprint density at radius 2 is 1.46 bits per heavy atom. The molecule has 3 aromatic rings. The molecule has 0 aliphatic heterocycles. The Hall–Kier alpha value is -2.47. The lowest BCUT2D eigenvalue weighted by Crippen LogP contribution is -2.11. The third-order valence-electron chi connectivity index (χ3n) is 3.24. The van der Waals surface area contributed by atoms with Gasteiger partial charge in [-0.15, -0.1) is 0 Å². The zero-order chi connectivity index (χ0) is 20.4. The number of alkyl halides is 6. The van der Waals surface area contributed by atoms with Crippen LogP contribution >= 0.6 is 23.5 Å². The number of aromatic nitrogens is 2. The summed E-state index contributed by atoms with van der Waals surface area (Å²) in [6, 6.07) is 7.13. The smallest absolute Gasteiger partial charge is 0.416 e. The zero-order valence-electron chi connectivity index (χ0n) is 13.5. The molecule has 0 spiro atoms. The third kappa shape index (κ3) is 5.29. The minimum atomic E-state index is -4.93. The summed E-state index contributed by atoms with van der Waals surface area (Å²) in [5.41, 5.74) is -2.88. The van der Waals surface area contributed by atoms with E-state index in [0.29, 0.717) is 17.3 Å². The Kier molecular flexibility index (Phi) is 5.70. The van der Waals surface area contributed by atoms with Crippen molar-refractivity contribution in [3.63, 3.8) is 0 Å². The summed E-state index contributed by atoms with van der Waals surface area (Å²) < 4.78 is 89.3. The first-order valence-electron chi connectivity index (χ1n) is 7.38. The number of halogens is 6. The van der Waals surface area contributed by atoms with Crippen LogP contribution in [0, 0.1) is 0 Å². The van der Waals surface area contributed by atoms with Crippen molar-refractivity contribution in [1.29, 1.82) is 0 Å². The topological polar surface area (TPSA) is 47.0 Å². The summed E-state index contributed by atoms with van der Waals surface area (Å²) >= 11 is 2.36. The summed E-state index contributed by atoms with van der Waals surface area (Å²) in [6.45, 7) is 0. The monoisotopic (exact) mass is 437 g/mol. The molecule has 0 atom stereocenters. The molecule has 0 unspecified atom stereocenters. The van der Waals surface area contributed by atoms with Gasteiger partial charge < -0.3 is 9.46 Å². The standard InChI is InChI=1S/C16H9F6N3OS2/c17-15(18,19)9-5-10(16(20,21)22)7-12(6-9)26-11-1-3-13(4-2-11)27-25-14-23-8-24-28-14/h1-8H,(H,23,24,25). The lowest BCUT2D eigenvalue weighted by Gasteiger charge is -2.14. The van der Waals surface area contributed by atoms with Gasteiger partial charge in [-0.3, -0.25) is 0 Å². The van der Waals surface area contributed by atoms with Gasteiger partial charge in [-0.05, 0) is 54.4 Å². The maximum absolute atomic E-state index is 12.9. The van der Waals surface area contributed by atoms with Crippen LogP contribution in [0.3, 0.4) is 0 Å². The van der Waals surface area contributed by atoms with Gasteiger partial charge in [0.25, 0.3) is 0 Å². The number of nitrogens with one attached hydrogen (secondary N) is 1. The highest BCUT2D eigenvalue weighted by atomic mass is 32.2. The lowest BCUT2D eigenvalue weighted by molar-refractivity contribution is -0.143. The molecular formula is C16H9F6N3OS2. The number of hydrogen-bond acceptors (Lipinski definition) is 6. The van der Waals surface area contributed by atoms with Crippen LogP contribution in [0.4, 0.5) is 31.5 Å². The van der Waals surface area contributed by atoms with Crippen molar-refractivity contribution in [2.75, 3.05) is 4.72 Å². The van der Waals surface area contributed by atoms with Crippen molar-refractivity contribution in [3.8, 4) is 11.5 Å². The molecule has 3 rings (SSSR count). The van der Waals surface area contributed by atoms with Crippen LogP contribution < -0.4 is 9.46 Å². The maximum Gasteiger partial charge on any atom is 0.416 e. The predicted molar refractivity (Wildman–Crippen MR) is 92.4 cm³/mol. The molecule has 1 heterocycles. The van der Waals surface area contributed by atoms with Crippen molar-refractivity contribution in [2.24, 2.45) is 0 Å². The second-order valence-corrected chi connectivity index (χ2v) is 6.93. The van der Waals surface area contributed by atoms with Gasteiger partial charge in [-0.25, -0.2) is 4.98 Å². The van der Waals surface area contributed by atoms with Gasteiger partial charge in [0.05, 0.1) is 11.1 Å². The van der Waals surface area contributed by atoms with Crippen molar-refractivity contribution >= 4 is 28.6 Å². The van der Waals surface area contributed by atoms with E-state index in [-0.39, 0.29) is 11.8 Å². The average molecular weight is 437 g/mol. The van der Waals surface area contributed by atoms with E-state index in [2.05, 4.69) is 14.1 Å². The Balaban J connectivity index is 1.77. The average Bonchev–Trinajstić information content (AvgIpc) is 3.13. The van der Waals surface area contributed by atoms with Gasteiger partial charge in [0.1, 0.15) is 17.8 Å². The first-order valence-corrected chi connectivity index (χ1v) is 8.97. The van der Waals surface area contributed by atoms with Gasteiger partial charge in [-0.1, -0.05) is 0 Å². The first-order chi connectivity index (χ1) is 13.1. The molecular weight excluding hydrogens is 428 g/mol. The first kappa shape index (κ1) is 20.3. The Labute approximate surface area is 162 Å². The van der Waals surface area contributed by atoms with E-state index in [1.165, 1.54) is 30.4 Å². The minimum absolute atomic E-state index is 0.0474. The molecule has 12 heteroatoms. The van der Waals surface area contributed by atoms with Crippen molar-refractivity contribution in [1.82, 2.24) is 9.36 Å². The Morgan fingerprint density at radius 1 is 0.857 bits per heavy atom. The van der Waals surface area contributed by atoms with E-state index in [9.17, 15) is 26.3 Å². The van der Waals surface area contributed by atoms with Gasteiger partial charge in [0.15, 0.2) is 0 Å². The molecule has 0 aliphatic carbocycles. The van der Waals surface area contributed by atoms with Crippen LogP contribution in [0.1, 0.15) is 11.1 Å². The fraction of sp³-hybridized carbons (Fsp3) is 0.125. The van der Waals surface area contributed by atoms with Crippen molar-refractivity contribution in [3.05, 3.63) is 59.9 Å². The van der Waals surface area contributed by atoms with Crippen LogP contribution in [0.2, 0.25) is 0 Å². The van der Waals surface area contributed by atoms with Crippen LogP contribution in [-0.4, -0.2) is 9.36 Å². The van der Waals surface area contributed by atoms with Crippen LogP contribution in [0.25, 0.3) is 0 Å². The normalized spacial score (nSPS) is 12.1. The van der Waals surface area contributed by atoms with Gasteiger partial charge in [-0.2, -0.15) is 30.7 Å². The number of ether oxygens (including phenoxy) is 1. The minimum Gasteiger partial charge on any atom is -0.457 e. The highest BCUT2D eigenvalue weighted by molar-refractivity contribution is 8.00. The number of rotatable bonds is 5. The van der Waals surface area contributed by atoms with Crippen molar-refractivity contribution in [2.45, 2.75) is 17.2 Å². The number of nitrogens with zero attached hydrogens (tertiary/aromatic N) is 2. The SMILES string of the molecule is FC(F)(F)c1cc(Oc2ccc(SNc3ncns3)cc2)cc(C(F)(F)F)c1. The van der Waals surface area contributed by atoms with Gasteiger partial charge in [0, 0.05) is 16.4 Å². The number of benzene rings is 2. The molecule has 0 bridgehead atoms. The third-order valence-corrected chi connectivity index (χ3v) is 4.75. The summed E-state index contributed by atoms with van der Waals surface area (Å²) in [6.07, 6.45) is -8.48.